The van der Waals surface area contributed by atoms with Gasteiger partial charge in [0.25, 0.3) is 0 Å². The number of carbonyl (C=O) groups is 2. The third kappa shape index (κ3) is 3.39. The summed E-state index contributed by atoms with van der Waals surface area (Å²) in [7, 11) is -2.39. The second kappa shape index (κ2) is 6.21. The minimum atomic E-state index is -4.52. The lowest BCUT2D eigenvalue weighted by molar-refractivity contribution is -0.137. The van der Waals surface area contributed by atoms with Gasteiger partial charge in [0.05, 0.1) is 19.8 Å². The summed E-state index contributed by atoms with van der Waals surface area (Å²) in [5.41, 5.74) is -0.266. The number of para-hydroxylation sites is 1. The highest BCUT2D eigenvalue weighted by Gasteiger charge is 2.31. The summed E-state index contributed by atoms with van der Waals surface area (Å²) in [5.74, 6) is -2.02. The van der Waals surface area contributed by atoms with E-state index in [4.69, 9.17) is 4.18 Å². The van der Waals surface area contributed by atoms with Crippen LogP contribution in [0.25, 0.3) is 6.08 Å². The molecule has 9 heteroatoms. The van der Waals surface area contributed by atoms with E-state index in [9.17, 15) is 18.0 Å². The average Bonchev–Trinajstić information content (AvgIpc) is 2.50. The molecule has 0 aliphatic carbocycles. The Hall–Kier alpha value is -2.68. The molecule has 1 heterocycles. The Balaban J connectivity index is 2.82. The monoisotopic (exact) mass is 339 g/mol. The van der Waals surface area contributed by atoms with Crippen molar-refractivity contribution in [1.82, 2.24) is 0 Å². The molecule has 1 aromatic rings. The molecule has 0 atom stereocenters. The topological polar surface area (TPSA) is 108 Å². The van der Waals surface area contributed by atoms with Gasteiger partial charge in [0, 0.05) is 5.56 Å². The lowest BCUT2D eigenvalue weighted by Gasteiger charge is -2.15. The summed E-state index contributed by atoms with van der Waals surface area (Å²) in [6.07, 6.45) is 1.26. The van der Waals surface area contributed by atoms with E-state index in [1.165, 1.54) is 12.1 Å². The molecule has 0 unspecified atom stereocenters. The Morgan fingerprint density at radius 3 is 2.39 bits per heavy atom. The van der Waals surface area contributed by atoms with Gasteiger partial charge in [-0.25, -0.2) is 9.59 Å². The Bertz CT molecular complexity index is 837. The van der Waals surface area contributed by atoms with Crippen LogP contribution in [0.15, 0.2) is 28.2 Å². The van der Waals surface area contributed by atoms with Crippen molar-refractivity contribution in [1.29, 1.82) is 0 Å². The van der Waals surface area contributed by atoms with Gasteiger partial charge in [-0.1, -0.05) is 18.2 Å². The molecule has 0 aromatic heterocycles. The van der Waals surface area contributed by atoms with Crippen molar-refractivity contribution in [3.05, 3.63) is 34.9 Å². The van der Waals surface area contributed by atoms with E-state index < -0.39 is 28.0 Å². The molecule has 1 aliphatic rings. The van der Waals surface area contributed by atoms with Crippen LogP contribution in [0.3, 0.4) is 0 Å². The largest absolute Gasteiger partial charge is 0.465 e. The second-order valence-electron chi connectivity index (χ2n) is 4.49. The first kappa shape index (κ1) is 16.7. The molecule has 0 saturated carbocycles. The predicted molar refractivity (Wildman–Crippen MR) is 80.2 cm³/mol. The molecule has 0 spiro atoms. The van der Waals surface area contributed by atoms with E-state index in [-0.39, 0.29) is 16.9 Å². The Kier molecular flexibility index (Phi) is 4.50. The number of rotatable bonds is 2. The maximum Gasteiger partial charge on any atom is 0.429 e. The van der Waals surface area contributed by atoms with E-state index in [1.54, 1.807) is 19.1 Å². The zero-order chi connectivity index (χ0) is 17.2. The van der Waals surface area contributed by atoms with Crippen LogP contribution in [0.2, 0.25) is 0 Å². The molecule has 1 aromatic carbocycles. The highest BCUT2D eigenvalue weighted by molar-refractivity contribution is 7.86. The van der Waals surface area contributed by atoms with E-state index in [0.29, 0.717) is 5.56 Å². The molecule has 0 bridgehead atoms. The Morgan fingerprint density at radius 1 is 1.13 bits per heavy atom. The van der Waals surface area contributed by atoms with Gasteiger partial charge < -0.3 is 13.7 Å². The number of benzene rings is 1. The van der Waals surface area contributed by atoms with Crippen molar-refractivity contribution < 1.29 is 31.7 Å². The van der Waals surface area contributed by atoms with Crippen LogP contribution in [0.1, 0.15) is 11.1 Å². The zero-order valence-corrected chi connectivity index (χ0v) is 13.3. The standard InChI is InChI=1S/C14H13NO7S/c1-8-5-4-6-9-7-10(13(16)20-2)11(14(17)21-3)15-23(18,19)22-12(8)9/h4-7H,1-3H3/b10-7+,15-11+. The fourth-order valence-corrected chi connectivity index (χ4v) is 2.79. The highest BCUT2D eigenvalue weighted by Crippen LogP contribution is 2.30. The number of hydrogen-bond donors (Lipinski definition) is 0. The first-order chi connectivity index (χ1) is 10.8. The minimum Gasteiger partial charge on any atom is -0.465 e. The van der Waals surface area contributed by atoms with Crippen molar-refractivity contribution in [3.8, 4) is 5.75 Å². The number of carbonyl (C=O) groups excluding carboxylic acids is 2. The quantitative estimate of drug-likeness (QED) is 0.733. The molecular weight excluding hydrogens is 326 g/mol. The summed E-state index contributed by atoms with van der Waals surface area (Å²) in [5, 5.41) is 0. The lowest BCUT2D eigenvalue weighted by Crippen LogP contribution is -2.27. The number of esters is 2. The van der Waals surface area contributed by atoms with Crippen LogP contribution in [0.5, 0.6) is 5.75 Å². The van der Waals surface area contributed by atoms with Gasteiger partial charge in [0.1, 0.15) is 0 Å². The van der Waals surface area contributed by atoms with Crippen LogP contribution in [-0.4, -0.2) is 40.3 Å². The number of methoxy groups -OCH3 is 2. The summed E-state index contributed by atoms with van der Waals surface area (Å²) >= 11 is 0. The maximum atomic E-state index is 12.0. The molecule has 23 heavy (non-hydrogen) atoms. The van der Waals surface area contributed by atoms with Crippen LogP contribution < -0.4 is 4.18 Å². The van der Waals surface area contributed by atoms with Gasteiger partial charge in [-0.05, 0) is 18.6 Å². The molecular formula is C14H13NO7S. The van der Waals surface area contributed by atoms with Crippen molar-refractivity contribution >= 4 is 34.0 Å². The lowest BCUT2D eigenvalue weighted by atomic mass is 10.0. The van der Waals surface area contributed by atoms with Crippen LogP contribution >= 0.6 is 0 Å². The molecule has 0 radical (unpaired) electrons. The SMILES string of the molecule is COC(=O)C1=C/c2cccc(C)c2OS(=O)(=O)/N=C\1C(=O)OC. The van der Waals surface area contributed by atoms with Crippen molar-refractivity contribution in [2.75, 3.05) is 14.2 Å². The van der Waals surface area contributed by atoms with Gasteiger partial charge in [0.15, 0.2) is 11.5 Å². The van der Waals surface area contributed by atoms with Crippen molar-refractivity contribution in [3.63, 3.8) is 0 Å². The fourth-order valence-electron chi connectivity index (χ4n) is 1.92. The van der Waals surface area contributed by atoms with E-state index in [2.05, 4.69) is 13.9 Å². The number of nitrogens with zero attached hydrogens (tertiary/aromatic N) is 1. The Morgan fingerprint density at radius 2 is 1.78 bits per heavy atom. The van der Waals surface area contributed by atoms with Crippen LogP contribution in [-0.2, 0) is 29.4 Å². The maximum absolute atomic E-state index is 12.0. The first-order valence-electron chi connectivity index (χ1n) is 6.31. The van der Waals surface area contributed by atoms with Gasteiger partial charge in [-0.15, -0.1) is 4.40 Å². The normalized spacial score (nSPS) is 20.3. The van der Waals surface area contributed by atoms with Crippen molar-refractivity contribution in [2.24, 2.45) is 4.40 Å². The van der Waals surface area contributed by atoms with E-state index in [1.807, 2.05) is 0 Å². The zero-order valence-electron chi connectivity index (χ0n) is 12.5. The molecule has 2 rings (SSSR count). The number of hydrogen-bond acceptors (Lipinski definition) is 7. The second-order valence-corrected chi connectivity index (χ2v) is 5.69. The molecule has 0 amide bonds. The van der Waals surface area contributed by atoms with E-state index in [0.717, 1.165) is 14.2 Å². The number of ether oxygens (including phenoxy) is 2. The fraction of sp³-hybridized carbons (Fsp3) is 0.214. The molecule has 8 nitrogen and oxygen atoms in total. The summed E-state index contributed by atoms with van der Waals surface area (Å²) in [6.45, 7) is 1.63. The van der Waals surface area contributed by atoms with E-state index >= 15 is 0 Å². The summed E-state index contributed by atoms with van der Waals surface area (Å²) in [4.78, 5) is 23.8. The van der Waals surface area contributed by atoms with Gasteiger partial charge in [-0.3, -0.25) is 0 Å². The summed E-state index contributed by atoms with van der Waals surface area (Å²) in [6, 6.07) is 4.81. The summed E-state index contributed by atoms with van der Waals surface area (Å²) < 4.78 is 41.3. The number of fused-ring (bicyclic) bond motifs is 1. The molecule has 0 N–H and O–H groups in total. The first-order valence-corrected chi connectivity index (χ1v) is 7.68. The molecule has 0 saturated heterocycles. The van der Waals surface area contributed by atoms with Gasteiger partial charge in [0.2, 0.25) is 0 Å². The highest BCUT2D eigenvalue weighted by atomic mass is 32.2. The van der Waals surface area contributed by atoms with Crippen LogP contribution in [0, 0.1) is 6.92 Å². The molecule has 0 fully saturated rings. The number of aryl methyl sites for hydroxylation is 1. The Labute approximate surface area is 132 Å². The molecule has 122 valence electrons. The smallest absolute Gasteiger partial charge is 0.429 e. The third-order valence-corrected chi connectivity index (χ3v) is 3.76. The van der Waals surface area contributed by atoms with Gasteiger partial charge in [-0.2, -0.15) is 8.42 Å². The minimum absolute atomic E-state index is 0.0153. The third-order valence-electron chi connectivity index (χ3n) is 2.97. The van der Waals surface area contributed by atoms with Crippen LogP contribution in [0.4, 0.5) is 0 Å². The average molecular weight is 339 g/mol. The van der Waals surface area contributed by atoms with Gasteiger partial charge >= 0.3 is 22.2 Å². The van der Waals surface area contributed by atoms with Crippen molar-refractivity contribution in [2.45, 2.75) is 6.92 Å². The predicted octanol–water partition coefficient (Wildman–Crippen LogP) is 0.803. The molecule has 1 aliphatic heterocycles.